The number of azide groups is 2. The molecule has 2 aromatic carbocycles. The minimum Gasteiger partial charge on any atom is -0.372 e. The average molecular weight is 408 g/mol. The summed E-state index contributed by atoms with van der Waals surface area (Å²) in [5.41, 5.74) is 19.8. The van der Waals surface area contributed by atoms with E-state index in [1.54, 1.807) is 0 Å². The summed E-state index contributed by atoms with van der Waals surface area (Å²) in [6, 6.07) is 18.9. The van der Waals surface area contributed by atoms with E-state index in [2.05, 4.69) is 20.1 Å². The molecule has 0 aromatic heterocycles. The third-order valence-corrected chi connectivity index (χ3v) is 4.98. The van der Waals surface area contributed by atoms with Crippen LogP contribution in [0.1, 0.15) is 18.1 Å². The van der Waals surface area contributed by atoms with Crippen molar-refractivity contribution in [3.8, 4) is 0 Å². The Morgan fingerprint density at radius 3 is 1.97 bits per heavy atom. The van der Waals surface area contributed by atoms with Crippen molar-refractivity contribution in [1.82, 2.24) is 0 Å². The Bertz CT molecular complexity index is 884. The van der Waals surface area contributed by atoms with Gasteiger partial charge in [0, 0.05) is 9.82 Å². The summed E-state index contributed by atoms with van der Waals surface area (Å²) in [6.07, 6.45) is -2.08. The third-order valence-electron chi connectivity index (χ3n) is 4.98. The van der Waals surface area contributed by atoms with Gasteiger partial charge >= 0.3 is 0 Å². The van der Waals surface area contributed by atoms with Crippen LogP contribution in [0.15, 0.2) is 70.9 Å². The minimum atomic E-state index is -0.582. The molecule has 156 valence electrons. The van der Waals surface area contributed by atoms with E-state index in [0.717, 1.165) is 11.1 Å². The quantitative estimate of drug-likeness (QED) is 0.331. The summed E-state index contributed by atoms with van der Waals surface area (Å²) in [5, 5.41) is 7.60. The number of nitrogens with zero attached hydrogens (tertiary/aromatic N) is 6. The van der Waals surface area contributed by atoms with E-state index in [1.165, 1.54) is 0 Å². The minimum absolute atomic E-state index is 0.0917. The second-order valence-corrected chi connectivity index (χ2v) is 7.01. The molecule has 1 heterocycles. The summed E-state index contributed by atoms with van der Waals surface area (Å²) in [7, 11) is 0. The molecule has 0 N–H and O–H groups in total. The second-order valence-electron chi connectivity index (χ2n) is 7.01. The molecule has 0 radical (unpaired) electrons. The van der Waals surface area contributed by atoms with Gasteiger partial charge in [-0.25, -0.2) is 0 Å². The van der Waals surface area contributed by atoms with Gasteiger partial charge in [-0.2, -0.15) is 0 Å². The molecule has 0 bridgehead atoms. The predicted octanol–water partition coefficient (Wildman–Crippen LogP) is 4.93. The Morgan fingerprint density at radius 1 is 0.867 bits per heavy atom. The van der Waals surface area contributed by atoms with Crippen LogP contribution in [0.2, 0.25) is 0 Å². The van der Waals surface area contributed by atoms with Crippen LogP contribution >= 0.6 is 0 Å². The van der Waals surface area contributed by atoms with Crippen molar-refractivity contribution in [2.45, 2.75) is 50.6 Å². The molecular weight excluding hydrogens is 384 g/mol. The molecule has 0 saturated carbocycles. The SMILES string of the molecule is C[C@@H]1O[C@H](CN=[N+]=[N-])[C@@H](OCc2ccccc2)[C@H](OCc2ccccc2)[C@H]1N=[N+]=[N-]. The van der Waals surface area contributed by atoms with Crippen molar-refractivity contribution >= 4 is 0 Å². The van der Waals surface area contributed by atoms with Gasteiger partial charge in [-0.1, -0.05) is 70.9 Å². The van der Waals surface area contributed by atoms with Gasteiger partial charge in [0.15, 0.2) is 0 Å². The second kappa shape index (κ2) is 11.2. The first kappa shape index (κ1) is 21.6. The zero-order valence-corrected chi connectivity index (χ0v) is 16.7. The molecule has 0 aliphatic carbocycles. The molecule has 30 heavy (non-hydrogen) atoms. The maximum atomic E-state index is 9.08. The molecule has 2 aromatic rings. The topological polar surface area (TPSA) is 125 Å². The molecule has 3 rings (SSSR count). The smallest absolute Gasteiger partial charge is 0.111 e. The van der Waals surface area contributed by atoms with Crippen LogP contribution in [0.4, 0.5) is 0 Å². The van der Waals surface area contributed by atoms with E-state index >= 15 is 0 Å². The maximum absolute atomic E-state index is 9.08. The molecular formula is C21H24N6O3. The molecule has 1 fully saturated rings. The van der Waals surface area contributed by atoms with Crippen molar-refractivity contribution in [2.24, 2.45) is 10.2 Å². The van der Waals surface area contributed by atoms with Crippen molar-refractivity contribution in [3.05, 3.63) is 92.7 Å². The van der Waals surface area contributed by atoms with Gasteiger partial charge in [0.2, 0.25) is 0 Å². The highest BCUT2D eigenvalue weighted by Crippen LogP contribution is 2.30. The first-order valence-electron chi connectivity index (χ1n) is 9.74. The van der Waals surface area contributed by atoms with E-state index in [9.17, 15) is 0 Å². The summed E-state index contributed by atoms with van der Waals surface area (Å²) >= 11 is 0. The lowest BCUT2D eigenvalue weighted by atomic mass is 9.93. The average Bonchev–Trinajstić information content (AvgIpc) is 2.78. The Balaban J connectivity index is 1.84. The van der Waals surface area contributed by atoms with E-state index in [1.807, 2.05) is 67.6 Å². The number of ether oxygens (including phenoxy) is 3. The molecule has 0 unspecified atom stereocenters. The van der Waals surface area contributed by atoms with Crippen LogP contribution in [-0.2, 0) is 27.4 Å². The van der Waals surface area contributed by atoms with Crippen LogP contribution in [-0.4, -0.2) is 37.0 Å². The van der Waals surface area contributed by atoms with Crippen LogP contribution < -0.4 is 0 Å². The molecule has 1 aliphatic heterocycles. The molecule has 9 nitrogen and oxygen atoms in total. The molecule has 1 aliphatic rings. The summed E-state index contributed by atoms with van der Waals surface area (Å²) in [5.74, 6) is 0. The van der Waals surface area contributed by atoms with E-state index < -0.39 is 30.5 Å². The highest BCUT2D eigenvalue weighted by molar-refractivity contribution is 5.15. The first-order valence-corrected chi connectivity index (χ1v) is 9.74. The van der Waals surface area contributed by atoms with E-state index in [4.69, 9.17) is 25.3 Å². The maximum Gasteiger partial charge on any atom is 0.111 e. The van der Waals surface area contributed by atoms with Crippen molar-refractivity contribution in [2.75, 3.05) is 6.54 Å². The zero-order valence-electron chi connectivity index (χ0n) is 16.7. The van der Waals surface area contributed by atoms with Crippen molar-refractivity contribution < 1.29 is 14.2 Å². The predicted molar refractivity (Wildman–Crippen MR) is 111 cm³/mol. The largest absolute Gasteiger partial charge is 0.372 e. The lowest BCUT2D eigenvalue weighted by Gasteiger charge is -2.44. The van der Waals surface area contributed by atoms with Gasteiger partial charge in [0.05, 0.1) is 44.1 Å². The van der Waals surface area contributed by atoms with E-state index in [0.29, 0.717) is 13.2 Å². The Hall–Kier alpha value is -3.06. The van der Waals surface area contributed by atoms with Crippen LogP contribution in [0.5, 0.6) is 0 Å². The number of benzene rings is 2. The first-order chi connectivity index (χ1) is 14.7. The molecule has 0 spiro atoms. The third kappa shape index (κ3) is 5.73. The number of rotatable bonds is 9. The van der Waals surface area contributed by atoms with Crippen LogP contribution in [0, 0.1) is 0 Å². The van der Waals surface area contributed by atoms with Gasteiger partial charge in [0.25, 0.3) is 0 Å². The normalized spacial score (nSPS) is 25.7. The van der Waals surface area contributed by atoms with Gasteiger partial charge in [0.1, 0.15) is 6.10 Å². The fourth-order valence-electron chi connectivity index (χ4n) is 3.52. The fourth-order valence-corrected chi connectivity index (χ4v) is 3.52. The van der Waals surface area contributed by atoms with Gasteiger partial charge in [-0.05, 0) is 29.1 Å². The number of hydrogen-bond donors (Lipinski definition) is 0. The monoisotopic (exact) mass is 408 g/mol. The summed E-state index contributed by atoms with van der Waals surface area (Å²) < 4.78 is 18.4. The number of hydrogen-bond acceptors (Lipinski definition) is 5. The molecule has 9 heteroatoms. The summed E-state index contributed by atoms with van der Waals surface area (Å²) in [6.45, 7) is 2.56. The Kier molecular flexibility index (Phi) is 8.09. The van der Waals surface area contributed by atoms with Gasteiger partial charge in [-0.3, -0.25) is 0 Å². The summed E-state index contributed by atoms with van der Waals surface area (Å²) in [4.78, 5) is 5.83. The van der Waals surface area contributed by atoms with Gasteiger partial charge < -0.3 is 14.2 Å². The standard InChI is InChI=1S/C21H24N6O3/c1-15-19(25-27-23)21(29-14-17-10-6-3-7-11-17)20(18(30-15)12-24-26-22)28-13-16-8-4-2-5-9-16/h2-11,15,18-21H,12-14H2,1H3/t15-,18+,19-,20+,21+/m0/s1. The Morgan fingerprint density at radius 2 is 1.43 bits per heavy atom. The van der Waals surface area contributed by atoms with E-state index in [-0.39, 0.29) is 6.54 Å². The van der Waals surface area contributed by atoms with Crippen LogP contribution in [0.3, 0.4) is 0 Å². The van der Waals surface area contributed by atoms with Crippen molar-refractivity contribution in [1.29, 1.82) is 0 Å². The lowest BCUT2D eigenvalue weighted by molar-refractivity contribution is -0.209. The van der Waals surface area contributed by atoms with Gasteiger partial charge in [-0.15, -0.1) is 0 Å². The van der Waals surface area contributed by atoms with Crippen LogP contribution in [0.25, 0.3) is 20.9 Å². The Labute approximate surface area is 174 Å². The highest BCUT2D eigenvalue weighted by atomic mass is 16.6. The fraction of sp³-hybridized carbons (Fsp3) is 0.429. The molecule has 1 saturated heterocycles. The van der Waals surface area contributed by atoms with Crippen molar-refractivity contribution in [3.63, 3.8) is 0 Å². The lowest BCUT2D eigenvalue weighted by Crippen LogP contribution is -2.58. The zero-order chi connectivity index (χ0) is 21.2. The molecule has 5 atom stereocenters. The molecule has 0 amide bonds. The highest BCUT2D eigenvalue weighted by Gasteiger charge is 2.45.